The molecule has 0 aromatic heterocycles. The molecule has 1 aromatic carbocycles. The fourth-order valence-electron chi connectivity index (χ4n) is 2.55. The Hall–Kier alpha value is -1.22. The Kier molecular flexibility index (Phi) is 3.89. The van der Waals surface area contributed by atoms with Gasteiger partial charge in [0.2, 0.25) is 0 Å². The van der Waals surface area contributed by atoms with Gasteiger partial charge >= 0.3 is 0 Å². The summed E-state index contributed by atoms with van der Waals surface area (Å²) in [6.07, 6.45) is 3.67. The number of ether oxygens (including phenoxy) is 2. The summed E-state index contributed by atoms with van der Waals surface area (Å²) in [7, 11) is 3.37. The van der Waals surface area contributed by atoms with Crippen LogP contribution in [0, 0.1) is 0 Å². The highest BCUT2D eigenvalue weighted by atomic mass is 16.5. The standard InChI is InChI=1S/C14H20O3/c1-16-12-7-8-14(17-2)13(9-12)10-3-5-11(15)6-4-10/h7-11,15H,3-6H2,1-2H3. The minimum atomic E-state index is -0.122. The maximum absolute atomic E-state index is 9.55. The van der Waals surface area contributed by atoms with Gasteiger partial charge in [0.1, 0.15) is 11.5 Å². The number of hydrogen-bond donors (Lipinski definition) is 1. The van der Waals surface area contributed by atoms with E-state index in [0.717, 1.165) is 37.2 Å². The molecule has 3 heteroatoms. The van der Waals surface area contributed by atoms with E-state index in [9.17, 15) is 5.11 Å². The van der Waals surface area contributed by atoms with Crippen molar-refractivity contribution in [2.45, 2.75) is 37.7 Å². The van der Waals surface area contributed by atoms with Crippen LogP contribution in [-0.4, -0.2) is 25.4 Å². The lowest BCUT2D eigenvalue weighted by Gasteiger charge is -2.27. The van der Waals surface area contributed by atoms with Crippen LogP contribution in [0.15, 0.2) is 18.2 Å². The average molecular weight is 236 g/mol. The van der Waals surface area contributed by atoms with E-state index in [1.807, 2.05) is 12.1 Å². The van der Waals surface area contributed by atoms with E-state index >= 15 is 0 Å². The Labute approximate surface area is 102 Å². The van der Waals surface area contributed by atoms with Crippen LogP contribution in [0.4, 0.5) is 0 Å². The van der Waals surface area contributed by atoms with Gasteiger partial charge < -0.3 is 14.6 Å². The second-order valence-corrected chi connectivity index (χ2v) is 4.61. The summed E-state index contributed by atoms with van der Waals surface area (Å²) in [6, 6.07) is 5.93. The SMILES string of the molecule is COc1ccc(OC)c(C2CCC(O)CC2)c1. The Bertz CT molecular complexity index is 368. The van der Waals surface area contributed by atoms with Crippen molar-refractivity contribution in [2.75, 3.05) is 14.2 Å². The van der Waals surface area contributed by atoms with Gasteiger partial charge in [0.05, 0.1) is 20.3 Å². The minimum absolute atomic E-state index is 0.122. The van der Waals surface area contributed by atoms with E-state index in [1.54, 1.807) is 14.2 Å². The Balaban J connectivity index is 2.23. The van der Waals surface area contributed by atoms with Gasteiger partial charge in [0.25, 0.3) is 0 Å². The first kappa shape index (κ1) is 12.2. The summed E-state index contributed by atoms with van der Waals surface area (Å²) in [5.74, 6) is 2.27. The number of aliphatic hydroxyl groups excluding tert-OH is 1. The first-order chi connectivity index (χ1) is 8.24. The number of methoxy groups -OCH3 is 2. The van der Waals surface area contributed by atoms with Crippen LogP contribution in [0.25, 0.3) is 0 Å². The van der Waals surface area contributed by atoms with Crippen molar-refractivity contribution in [3.63, 3.8) is 0 Å². The zero-order valence-electron chi connectivity index (χ0n) is 10.5. The Morgan fingerprint density at radius 3 is 2.35 bits per heavy atom. The van der Waals surface area contributed by atoms with Crippen molar-refractivity contribution in [3.05, 3.63) is 23.8 Å². The molecule has 94 valence electrons. The first-order valence-corrected chi connectivity index (χ1v) is 6.14. The van der Waals surface area contributed by atoms with E-state index in [4.69, 9.17) is 9.47 Å². The molecule has 1 N–H and O–H groups in total. The molecule has 0 radical (unpaired) electrons. The van der Waals surface area contributed by atoms with Crippen LogP contribution in [0.2, 0.25) is 0 Å². The second-order valence-electron chi connectivity index (χ2n) is 4.61. The zero-order valence-corrected chi connectivity index (χ0v) is 10.5. The highest BCUT2D eigenvalue weighted by Crippen LogP contribution is 2.39. The molecule has 0 amide bonds. The summed E-state index contributed by atoms with van der Waals surface area (Å²) in [4.78, 5) is 0. The van der Waals surface area contributed by atoms with Crippen LogP contribution >= 0.6 is 0 Å². The molecule has 0 saturated heterocycles. The second kappa shape index (κ2) is 5.41. The summed E-state index contributed by atoms with van der Waals surface area (Å²) < 4.78 is 10.7. The summed E-state index contributed by atoms with van der Waals surface area (Å²) in [5.41, 5.74) is 1.21. The molecule has 0 bridgehead atoms. The summed E-state index contributed by atoms with van der Waals surface area (Å²) >= 11 is 0. The van der Waals surface area contributed by atoms with E-state index in [1.165, 1.54) is 5.56 Å². The lowest BCUT2D eigenvalue weighted by Crippen LogP contribution is -2.17. The molecule has 2 rings (SSSR count). The van der Waals surface area contributed by atoms with Crippen LogP contribution in [-0.2, 0) is 0 Å². The molecule has 0 spiro atoms. The molecule has 1 aromatic rings. The van der Waals surface area contributed by atoms with Gasteiger partial charge in [-0.1, -0.05) is 0 Å². The van der Waals surface area contributed by atoms with E-state index in [0.29, 0.717) is 5.92 Å². The Morgan fingerprint density at radius 1 is 1.06 bits per heavy atom. The first-order valence-electron chi connectivity index (χ1n) is 6.14. The average Bonchev–Trinajstić information content (AvgIpc) is 2.39. The molecule has 0 unspecified atom stereocenters. The van der Waals surface area contributed by atoms with E-state index in [2.05, 4.69) is 6.07 Å². The van der Waals surface area contributed by atoms with Gasteiger partial charge in [0.15, 0.2) is 0 Å². The Morgan fingerprint density at radius 2 is 1.76 bits per heavy atom. The van der Waals surface area contributed by atoms with Gasteiger partial charge in [0, 0.05) is 5.56 Å². The smallest absolute Gasteiger partial charge is 0.122 e. The number of aliphatic hydroxyl groups is 1. The van der Waals surface area contributed by atoms with E-state index in [-0.39, 0.29) is 6.10 Å². The summed E-state index contributed by atoms with van der Waals surface area (Å²) in [5, 5.41) is 9.55. The lowest BCUT2D eigenvalue weighted by atomic mass is 9.82. The number of benzene rings is 1. The maximum Gasteiger partial charge on any atom is 0.122 e. The molecule has 17 heavy (non-hydrogen) atoms. The van der Waals surface area contributed by atoms with Gasteiger partial charge in [-0.15, -0.1) is 0 Å². The quantitative estimate of drug-likeness (QED) is 0.877. The molecular formula is C14H20O3. The van der Waals surface area contributed by atoms with Crippen LogP contribution < -0.4 is 9.47 Å². The molecule has 0 heterocycles. The third-order valence-electron chi connectivity index (χ3n) is 3.57. The van der Waals surface area contributed by atoms with Crippen molar-refractivity contribution in [3.8, 4) is 11.5 Å². The number of hydrogen-bond acceptors (Lipinski definition) is 3. The molecule has 1 saturated carbocycles. The largest absolute Gasteiger partial charge is 0.497 e. The van der Waals surface area contributed by atoms with Crippen molar-refractivity contribution >= 4 is 0 Å². The highest BCUT2D eigenvalue weighted by Gasteiger charge is 2.23. The van der Waals surface area contributed by atoms with Crippen molar-refractivity contribution in [1.82, 2.24) is 0 Å². The normalized spacial score (nSPS) is 24.4. The molecule has 1 aliphatic carbocycles. The molecule has 0 aliphatic heterocycles. The molecular weight excluding hydrogens is 216 g/mol. The topological polar surface area (TPSA) is 38.7 Å². The third-order valence-corrected chi connectivity index (χ3v) is 3.57. The fraction of sp³-hybridized carbons (Fsp3) is 0.571. The minimum Gasteiger partial charge on any atom is -0.497 e. The molecule has 1 aliphatic rings. The third kappa shape index (κ3) is 2.72. The van der Waals surface area contributed by atoms with Gasteiger partial charge in [-0.3, -0.25) is 0 Å². The maximum atomic E-state index is 9.55. The molecule has 1 fully saturated rings. The van der Waals surface area contributed by atoms with Crippen molar-refractivity contribution < 1.29 is 14.6 Å². The van der Waals surface area contributed by atoms with Gasteiger partial charge in [-0.25, -0.2) is 0 Å². The zero-order chi connectivity index (χ0) is 12.3. The van der Waals surface area contributed by atoms with Crippen molar-refractivity contribution in [1.29, 1.82) is 0 Å². The summed E-state index contributed by atoms with van der Waals surface area (Å²) in [6.45, 7) is 0. The molecule has 3 nitrogen and oxygen atoms in total. The lowest BCUT2D eigenvalue weighted by molar-refractivity contribution is 0.122. The monoisotopic (exact) mass is 236 g/mol. The van der Waals surface area contributed by atoms with Gasteiger partial charge in [-0.2, -0.15) is 0 Å². The predicted octanol–water partition coefficient (Wildman–Crippen LogP) is 2.72. The number of rotatable bonds is 3. The van der Waals surface area contributed by atoms with Crippen molar-refractivity contribution in [2.24, 2.45) is 0 Å². The predicted molar refractivity (Wildman–Crippen MR) is 66.8 cm³/mol. The van der Waals surface area contributed by atoms with Crippen LogP contribution in [0.1, 0.15) is 37.2 Å². The molecule has 0 atom stereocenters. The van der Waals surface area contributed by atoms with Gasteiger partial charge in [-0.05, 0) is 49.8 Å². The fourth-order valence-corrected chi connectivity index (χ4v) is 2.55. The van der Waals surface area contributed by atoms with E-state index < -0.39 is 0 Å². The van der Waals surface area contributed by atoms with Crippen LogP contribution in [0.3, 0.4) is 0 Å². The highest BCUT2D eigenvalue weighted by molar-refractivity contribution is 5.42. The van der Waals surface area contributed by atoms with Crippen LogP contribution in [0.5, 0.6) is 11.5 Å².